The van der Waals surface area contributed by atoms with Crippen LogP contribution in [0.1, 0.15) is 30.5 Å². The number of fused-ring (bicyclic) bond motifs is 3. The van der Waals surface area contributed by atoms with Crippen molar-refractivity contribution < 1.29 is 4.39 Å². The van der Waals surface area contributed by atoms with E-state index in [1.54, 1.807) is 12.1 Å². The van der Waals surface area contributed by atoms with Crippen molar-refractivity contribution in [3.05, 3.63) is 71.0 Å². The Morgan fingerprint density at radius 2 is 1.79 bits per heavy atom. The van der Waals surface area contributed by atoms with Gasteiger partial charge >= 0.3 is 0 Å². The van der Waals surface area contributed by atoms with Crippen LogP contribution in [0.25, 0.3) is 0 Å². The van der Waals surface area contributed by atoms with Gasteiger partial charge in [0.05, 0.1) is 12.1 Å². The van der Waals surface area contributed by atoms with Crippen molar-refractivity contribution in [2.75, 3.05) is 30.4 Å². The lowest BCUT2D eigenvalue weighted by molar-refractivity contribution is 0.370. The largest absolute Gasteiger partial charge is 0.340 e. The molecule has 2 aromatic carbocycles. The first-order chi connectivity index (χ1) is 15.7. The summed E-state index contributed by atoms with van der Waals surface area (Å²) in [5, 5.41) is 8.49. The molecule has 0 bridgehead atoms. The highest BCUT2D eigenvalue weighted by Crippen LogP contribution is 2.39. The first-order valence-corrected chi connectivity index (χ1v) is 11.4. The molecule has 0 amide bonds. The average Bonchev–Trinajstić information content (AvgIpc) is 3.13. The van der Waals surface area contributed by atoms with Crippen molar-refractivity contribution in [1.29, 1.82) is 0 Å². The van der Waals surface area contributed by atoms with Crippen LogP contribution in [0.15, 0.2) is 53.5 Å². The van der Waals surface area contributed by atoms with Gasteiger partial charge in [-0.25, -0.2) is 9.07 Å². The van der Waals surface area contributed by atoms with E-state index in [1.807, 2.05) is 16.6 Å². The number of nitrogens with one attached hydrogen (secondary N) is 1. The second-order valence-electron chi connectivity index (χ2n) is 9.55. The summed E-state index contributed by atoms with van der Waals surface area (Å²) < 4.78 is 15.5. The fraction of sp³-hybridized carbons (Fsp3) is 0.320. The third-order valence-corrected chi connectivity index (χ3v) is 6.52. The molecule has 0 atom stereocenters. The molecule has 170 valence electrons. The van der Waals surface area contributed by atoms with E-state index >= 15 is 0 Å². The number of anilines is 3. The van der Waals surface area contributed by atoms with E-state index in [0.29, 0.717) is 11.5 Å². The maximum atomic E-state index is 13.5. The van der Waals surface area contributed by atoms with Crippen LogP contribution in [0, 0.1) is 18.2 Å². The number of thiocarbonyl (C=S) groups is 1. The molecule has 3 aromatic rings. The van der Waals surface area contributed by atoms with Crippen LogP contribution in [-0.2, 0) is 6.54 Å². The Morgan fingerprint density at radius 3 is 2.48 bits per heavy atom. The molecule has 1 N–H and O–H groups in total. The lowest BCUT2D eigenvalue weighted by Crippen LogP contribution is -2.55. The zero-order chi connectivity index (χ0) is 23.3. The molecule has 1 aromatic heterocycles. The van der Waals surface area contributed by atoms with Gasteiger partial charge in [0.25, 0.3) is 0 Å². The molecule has 0 saturated carbocycles. The highest BCUT2D eigenvalue weighted by molar-refractivity contribution is 7.80. The minimum atomic E-state index is -0.276. The van der Waals surface area contributed by atoms with Gasteiger partial charge in [0.15, 0.2) is 5.82 Å². The third-order valence-electron chi connectivity index (χ3n) is 6.04. The molecule has 0 unspecified atom stereocenters. The summed E-state index contributed by atoms with van der Waals surface area (Å²) in [5.74, 6) is 2.15. The van der Waals surface area contributed by atoms with E-state index < -0.39 is 0 Å². The number of nitrogens with zero attached hydrogens (tertiary/aromatic N) is 5. The molecular weight excluding hydrogens is 435 g/mol. The molecule has 2 aliphatic heterocycles. The van der Waals surface area contributed by atoms with Crippen molar-refractivity contribution in [3.8, 4) is 0 Å². The Hall–Kier alpha value is -3.26. The Labute approximate surface area is 198 Å². The Balaban J connectivity index is 1.64. The second kappa shape index (κ2) is 7.95. The maximum Gasteiger partial charge on any atom is 0.207 e. The van der Waals surface area contributed by atoms with Gasteiger partial charge in [-0.15, -0.1) is 0 Å². The summed E-state index contributed by atoms with van der Waals surface area (Å²) in [5.41, 5.74) is 4.00. The van der Waals surface area contributed by atoms with Gasteiger partial charge in [-0.2, -0.15) is 5.10 Å². The molecular formula is C25H27FN6S. The molecule has 0 spiro atoms. The minimum absolute atomic E-state index is 0.0197. The number of aromatic nitrogens is 2. The molecule has 2 aliphatic rings. The van der Waals surface area contributed by atoms with Crippen LogP contribution < -0.4 is 10.2 Å². The predicted molar refractivity (Wildman–Crippen MR) is 135 cm³/mol. The van der Waals surface area contributed by atoms with Crippen LogP contribution in [-0.4, -0.2) is 45.8 Å². The second-order valence-corrected chi connectivity index (χ2v) is 9.94. The highest BCUT2D eigenvalue weighted by Gasteiger charge is 2.41. The minimum Gasteiger partial charge on any atom is -0.340 e. The monoisotopic (exact) mass is 462 g/mol. The number of benzene rings is 2. The number of aryl methyl sites for hydroxylation is 1. The zero-order valence-corrected chi connectivity index (χ0v) is 20.1. The van der Waals surface area contributed by atoms with Gasteiger partial charge in [-0.1, -0.05) is 55.9 Å². The fourth-order valence-corrected chi connectivity index (χ4v) is 4.52. The summed E-state index contributed by atoms with van der Waals surface area (Å²) in [6.07, 6.45) is 0. The molecule has 5 rings (SSSR count). The smallest absolute Gasteiger partial charge is 0.207 e. The number of aliphatic imine (C=N–C) groups is 1. The number of rotatable bonds is 4. The molecule has 8 heteroatoms. The van der Waals surface area contributed by atoms with E-state index in [1.165, 1.54) is 17.7 Å². The molecule has 3 heterocycles. The number of guanidine groups is 1. The summed E-state index contributed by atoms with van der Waals surface area (Å²) in [6.45, 7) is 8.61. The van der Waals surface area contributed by atoms with Gasteiger partial charge in [-0.05, 0) is 36.8 Å². The van der Waals surface area contributed by atoms with Crippen molar-refractivity contribution >= 4 is 40.5 Å². The van der Waals surface area contributed by atoms with Crippen LogP contribution in [0.3, 0.4) is 0 Å². The number of halogens is 1. The molecule has 0 radical (unpaired) electrons. The van der Waals surface area contributed by atoms with Gasteiger partial charge < -0.3 is 10.2 Å². The quantitative estimate of drug-likeness (QED) is 0.556. The standard InChI is InChI=1S/C25H27FN6S/c1-16-5-7-17(8-6-16)13-32-21(28-19-11-9-18(26)10-12-19)20-22(29-32)31-15-25(2,3)14-27-24(31)30(4)23(20)33/h5-12,28H,13-15H2,1-4H3. The molecule has 0 aliphatic carbocycles. The van der Waals surface area contributed by atoms with E-state index in [2.05, 4.69) is 55.3 Å². The molecule has 0 fully saturated rings. The normalized spacial score (nSPS) is 16.9. The number of hydrogen-bond acceptors (Lipinski definition) is 5. The van der Waals surface area contributed by atoms with Crippen molar-refractivity contribution in [3.63, 3.8) is 0 Å². The summed E-state index contributed by atoms with van der Waals surface area (Å²) in [7, 11) is 1.95. The predicted octanol–water partition coefficient (Wildman–Crippen LogP) is 4.95. The molecule has 0 saturated heterocycles. The van der Waals surface area contributed by atoms with Gasteiger partial charge in [0.2, 0.25) is 5.96 Å². The maximum absolute atomic E-state index is 13.5. The number of hydrogen-bond donors (Lipinski definition) is 1. The van der Waals surface area contributed by atoms with Gasteiger partial charge in [-0.3, -0.25) is 9.89 Å². The van der Waals surface area contributed by atoms with Crippen molar-refractivity contribution in [2.24, 2.45) is 10.4 Å². The Kier molecular flexibility index (Phi) is 5.20. The van der Waals surface area contributed by atoms with E-state index in [4.69, 9.17) is 22.3 Å². The summed E-state index contributed by atoms with van der Waals surface area (Å²) in [4.78, 5) is 9.62. The van der Waals surface area contributed by atoms with E-state index in [9.17, 15) is 4.39 Å². The van der Waals surface area contributed by atoms with Crippen LogP contribution >= 0.6 is 12.2 Å². The lowest BCUT2D eigenvalue weighted by Gasteiger charge is -2.43. The SMILES string of the molecule is Cc1ccc(Cn2nc3c(c2Nc2ccc(F)cc2)C(=S)N(C)C2=NCC(C)(C)CN23)cc1. The van der Waals surface area contributed by atoms with Crippen molar-refractivity contribution in [2.45, 2.75) is 27.3 Å². The lowest BCUT2D eigenvalue weighted by atomic mass is 9.91. The summed E-state index contributed by atoms with van der Waals surface area (Å²) >= 11 is 5.89. The zero-order valence-electron chi connectivity index (χ0n) is 19.3. The Bertz CT molecular complexity index is 1240. The molecule has 6 nitrogen and oxygen atoms in total. The van der Waals surface area contributed by atoms with Gasteiger partial charge in [0, 0.05) is 31.2 Å². The fourth-order valence-electron chi connectivity index (χ4n) is 4.25. The van der Waals surface area contributed by atoms with E-state index in [-0.39, 0.29) is 11.2 Å². The first-order valence-electron chi connectivity index (χ1n) is 11.0. The first kappa shape index (κ1) is 21.6. The van der Waals surface area contributed by atoms with Gasteiger partial charge in [0.1, 0.15) is 16.6 Å². The van der Waals surface area contributed by atoms with Crippen LogP contribution in [0.5, 0.6) is 0 Å². The average molecular weight is 463 g/mol. The highest BCUT2D eigenvalue weighted by atomic mass is 32.1. The third kappa shape index (κ3) is 3.99. The summed E-state index contributed by atoms with van der Waals surface area (Å²) in [6, 6.07) is 14.7. The van der Waals surface area contributed by atoms with Crippen LogP contribution in [0.4, 0.5) is 21.7 Å². The molecule has 33 heavy (non-hydrogen) atoms. The topological polar surface area (TPSA) is 48.7 Å². The van der Waals surface area contributed by atoms with E-state index in [0.717, 1.165) is 47.5 Å². The Morgan fingerprint density at radius 1 is 1.09 bits per heavy atom. The van der Waals surface area contributed by atoms with Crippen molar-refractivity contribution in [1.82, 2.24) is 14.7 Å². The van der Waals surface area contributed by atoms with Crippen LogP contribution in [0.2, 0.25) is 0 Å².